The minimum Gasteiger partial charge on any atom is -0.468 e. The van der Waals surface area contributed by atoms with Crippen molar-refractivity contribution in [1.82, 2.24) is 0 Å². The summed E-state index contributed by atoms with van der Waals surface area (Å²) >= 11 is 3.19. The fourth-order valence-electron chi connectivity index (χ4n) is 1.78. The van der Waals surface area contributed by atoms with Crippen LogP contribution >= 0.6 is 23.5 Å². The topological polar surface area (TPSA) is 105 Å². The molecule has 0 aliphatic heterocycles. The van der Waals surface area contributed by atoms with Gasteiger partial charge in [0.05, 0.1) is 14.2 Å². The van der Waals surface area contributed by atoms with Crippen molar-refractivity contribution in [2.24, 2.45) is 11.5 Å². The van der Waals surface area contributed by atoms with Gasteiger partial charge in [-0.1, -0.05) is 24.3 Å². The van der Waals surface area contributed by atoms with Crippen LogP contribution in [0.5, 0.6) is 0 Å². The monoisotopic (exact) mass is 372 g/mol. The number of nitrogens with two attached hydrogens (primary N) is 2. The minimum atomic E-state index is -0.588. The molecule has 0 spiro atoms. The van der Waals surface area contributed by atoms with Gasteiger partial charge < -0.3 is 20.9 Å². The Hall–Kier alpha value is -1.22. The molecule has 0 saturated heterocycles. The van der Waals surface area contributed by atoms with Crippen LogP contribution in [0, 0.1) is 0 Å². The van der Waals surface area contributed by atoms with Crippen LogP contribution in [0.1, 0.15) is 11.1 Å². The molecule has 134 valence electrons. The highest BCUT2D eigenvalue weighted by Crippen LogP contribution is 2.17. The number of carbonyl (C=O) groups excluding carboxylic acids is 2. The number of ether oxygens (including phenoxy) is 2. The Bertz CT molecular complexity index is 478. The summed E-state index contributed by atoms with van der Waals surface area (Å²) in [6.07, 6.45) is 0. The van der Waals surface area contributed by atoms with Crippen molar-refractivity contribution in [3.63, 3.8) is 0 Å². The molecule has 0 aromatic heterocycles. The van der Waals surface area contributed by atoms with E-state index in [0.29, 0.717) is 11.5 Å². The van der Waals surface area contributed by atoms with Crippen LogP contribution in [-0.2, 0) is 30.6 Å². The number of benzene rings is 1. The van der Waals surface area contributed by atoms with Crippen LogP contribution in [0.4, 0.5) is 0 Å². The van der Waals surface area contributed by atoms with Crippen LogP contribution in [0.15, 0.2) is 24.3 Å². The lowest BCUT2D eigenvalue weighted by Gasteiger charge is -2.10. The summed E-state index contributed by atoms with van der Waals surface area (Å²) in [6, 6.07) is 7.02. The van der Waals surface area contributed by atoms with Gasteiger partial charge in [-0.3, -0.25) is 9.59 Å². The van der Waals surface area contributed by atoms with Crippen molar-refractivity contribution >= 4 is 35.5 Å². The molecule has 0 aliphatic carbocycles. The molecule has 0 fully saturated rings. The van der Waals surface area contributed by atoms with E-state index in [-0.39, 0.29) is 11.9 Å². The fourth-order valence-corrected chi connectivity index (χ4v) is 3.65. The molecule has 0 saturated carbocycles. The summed E-state index contributed by atoms with van der Waals surface area (Å²) in [5.41, 5.74) is 13.7. The van der Waals surface area contributed by atoms with Gasteiger partial charge >= 0.3 is 11.9 Å². The van der Waals surface area contributed by atoms with Gasteiger partial charge in [-0.15, -0.1) is 0 Å². The summed E-state index contributed by atoms with van der Waals surface area (Å²) in [5, 5.41) is 0. The molecule has 0 unspecified atom stereocenters. The zero-order valence-corrected chi connectivity index (χ0v) is 15.5. The van der Waals surface area contributed by atoms with Gasteiger partial charge in [-0.2, -0.15) is 23.5 Å². The van der Waals surface area contributed by atoms with Crippen molar-refractivity contribution in [2.45, 2.75) is 23.6 Å². The Balaban J connectivity index is 2.30. The molecule has 0 heterocycles. The van der Waals surface area contributed by atoms with E-state index >= 15 is 0 Å². The van der Waals surface area contributed by atoms with E-state index in [9.17, 15) is 9.59 Å². The molecule has 0 amide bonds. The summed E-state index contributed by atoms with van der Waals surface area (Å²) in [7, 11) is 2.67. The van der Waals surface area contributed by atoms with E-state index in [2.05, 4.69) is 9.47 Å². The molecule has 0 aliphatic rings. The Morgan fingerprint density at radius 2 is 1.21 bits per heavy atom. The second kappa shape index (κ2) is 11.4. The second-order valence-electron chi connectivity index (χ2n) is 5.11. The lowest BCUT2D eigenvalue weighted by Crippen LogP contribution is -2.33. The molecule has 1 aromatic rings. The Morgan fingerprint density at radius 3 is 1.50 bits per heavy atom. The number of carbonyl (C=O) groups is 2. The lowest BCUT2D eigenvalue weighted by atomic mass is 10.2. The van der Waals surface area contributed by atoms with E-state index in [1.54, 1.807) is 23.5 Å². The average Bonchev–Trinajstić information content (AvgIpc) is 2.61. The van der Waals surface area contributed by atoms with Crippen molar-refractivity contribution < 1.29 is 19.1 Å². The van der Waals surface area contributed by atoms with Crippen molar-refractivity contribution in [3.8, 4) is 0 Å². The third kappa shape index (κ3) is 7.57. The summed E-state index contributed by atoms with van der Waals surface area (Å²) < 4.78 is 9.18. The molecule has 4 N–H and O–H groups in total. The minimum absolute atomic E-state index is 0.389. The van der Waals surface area contributed by atoms with E-state index in [1.807, 2.05) is 24.3 Å². The molecule has 24 heavy (non-hydrogen) atoms. The summed E-state index contributed by atoms with van der Waals surface area (Å²) in [6.45, 7) is 0. The van der Waals surface area contributed by atoms with Crippen LogP contribution in [0.25, 0.3) is 0 Å². The van der Waals surface area contributed by atoms with Crippen LogP contribution < -0.4 is 11.5 Å². The van der Waals surface area contributed by atoms with Crippen LogP contribution in [0.2, 0.25) is 0 Å². The molecular formula is C16H24N2O4S2. The number of rotatable bonds is 10. The number of hydrogen-bond donors (Lipinski definition) is 2. The molecule has 8 heteroatoms. The van der Waals surface area contributed by atoms with Crippen LogP contribution in [0.3, 0.4) is 0 Å². The Labute approximate surface area is 151 Å². The molecular weight excluding hydrogens is 348 g/mol. The first-order chi connectivity index (χ1) is 11.5. The maximum absolute atomic E-state index is 11.2. The average molecular weight is 373 g/mol. The van der Waals surface area contributed by atoms with Gasteiger partial charge in [0.2, 0.25) is 0 Å². The van der Waals surface area contributed by atoms with Gasteiger partial charge in [0.1, 0.15) is 12.1 Å². The summed E-state index contributed by atoms with van der Waals surface area (Å²) in [5.74, 6) is 1.84. The van der Waals surface area contributed by atoms with Crippen molar-refractivity contribution in [3.05, 3.63) is 35.4 Å². The summed E-state index contributed by atoms with van der Waals surface area (Å²) in [4.78, 5) is 22.4. The van der Waals surface area contributed by atoms with Gasteiger partial charge in [0, 0.05) is 23.0 Å². The highest BCUT2D eigenvalue weighted by atomic mass is 32.2. The van der Waals surface area contributed by atoms with E-state index in [1.165, 1.54) is 14.2 Å². The van der Waals surface area contributed by atoms with Gasteiger partial charge in [0.15, 0.2) is 0 Å². The van der Waals surface area contributed by atoms with Crippen molar-refractivity contribution in [2.75, 3.05) is 25.7 Å². The fraction of sp³-hybridized carbons (Fsp3) is 0.500. The maximum atomic E-state index is 11.2. The van der Waals surface area contributed by atoms with E-state index in [4.69, 9.17) is 11.5 Å². The lowest BCUT2D eigenvalue weighted by molar-refractivity contribution is -0.142. The third-order valence-corrected chi connectivity index (χ3v) is 5.43. The standard InChI is InChI=1S/C16H24N2O4S2/c1-21-15(19)13(17)9-23-7-11-3-5-12(6-4-11)8-24-10-14(18)16(20)22-2/h3-6,13-14H,7-10,17-18H2,1-2H3/t13-,14-/m1/s1. The van der Waals surface area contributed by atoms with Crippen LogP contribution in [-0.4, -0.2) is 49.7 Å². The van der Waals surface area contributed by atoms with Gasteiger partial charge in [0.25, 0.3) is 0 Å². The maximum Gasteiger partial charge on any atom is 0.323 e. The quantitative estimate of drug-likeness (QED) is 0.590. The zero-order valence-electron chi connectivity index (χ0n) is 13.9. The number of hydrogen-bond acceptors (Lipinski definition) is 8. The van der Waals surface area contributed by atoms with E-state index in [0.717, 1.165) is 22.6 Å². The molecule has 6 nitrogen and oxygen atoms in total. The largest absolute Gasteiger partial charge is 0.468 e. The highest BCUT2D eigenvalue weighted by Gasteiger charge is 2.14. The normalized spacial score (nSPS) is 13.2. The SMILES string of the molecule is COC(=O)[C@H](N)CSCc1ccc(CSC[C@@H](N)C(=O)OC)cc1. The molecule has 0 bridgehead atoms. The first kappa shape index (κ1) is 20.8. The number of methoxy groups -OCH3 is 2. The van der Waals surface area contributed by atoms with Gasteiger partial charge in [-0.25, -0.2) is 0 Å². The van der Waals surface area contributed by atoms with E-state index < -0.39 is 12.1 Å². The van der Waals surface area contributed by atoms with Gasteiger partial charge in [-0.05, 0) is 11.1 Å². The Morgan fingerprint density at radius 1 is 0.875 bits per heavy atom. The smallest absolute Gasteiger partial charge is 0.323 e. The number of esters is 2. The molecule has 1 rings (SSSR count). The number of thioether (sulfide) groups is 2. The predicted octanol–water partition coefficient (Wildman–Crippen LogP) is 1.15. The first-order valence-corrected chi connectivity index (χ1v) is 9.69. The Kier molecular flexibility index (Phi) is 9.85. The predicted molar refractivity (Wildman–Crippen MR) is 98.7 cm³/mol. The second-order valence-corrected chi connectivity index (χ2v) is 7.17. The zero-order chi connectivity index (χ0) is 17.9. The molecule has 1 aromatic carbocycles. The molecule has 2 atom stereocenters. The molecule has 0 radical (unpaired) electrons. The highest BCUT2D eigenvalue weighted by molar-refractivity contribution is 7.98. The third-order valence-electron chi connectivity index (χ3n) is 3.16. The van der Waals surface area contributed by atoms with Crippen molar-refractivity contribution in [1.29, 1.82) is 0 Å². The first-order valence-electron chi connectivity index (χ1n) is 7.38.